The number of morpholine rings is 1. The number of guanidine groups is 1. The average Bonchev–Trinajstić information content (AvgIpc) is 2.41. The highest BCUT2D eigenvalue weighted by Gasteiger charge is 2.24. The monoisotopic (exact) mass is 369 g/mol. The molecule has 1 saturated heterocycles. The minimum Gasteiger partial charge on any atom is -0.378 e. The van der Waals surface area contributed by atoms with E-state index in [-0.39, 0.29) is 24.0 Å². The molecule has 2 N–H and O–H groups in total. The SMILES string of the molecule is CCC(CC)(CC)CN=C(N)N1CCOCC1.I. The molecule has 1 fully saturated rings. The highest BCUT2D eigenvalue weighted by Crippen LogP contribution is 2.30. The molecular weight excluding hydrogens is 341 g/mol. The van der Waals surface area contributed by atoms with Crippen LogP contribution >= 0.6 is 24.0 Å². The second kappa shape index (κ2) is 8.96. The van der Waals surface area contributed by atoms with E-state index in [0.717, 1.165) is 32.8 Å². The minimum atomic E-state index is 0. The Morgan fingerprint density at radius 3 is 2.11 bits per heavy atom. The van der Waals surface area contributed by atoms with Crippen LogP contribution in [0.25, 0.3) is 0 Å². The zero-order valence-corrected chi connectivity index (χ0v) is 14.3. The molecule has 4 nitrogen and oxygen atoms in total. The highest BCUT2D eigenvalue weighted by molar-refractivity contribution is 14.0. The maximum absolute atomic E-state index is 6.04. The maximum atomic E-state index is 6.04. The third-order valence-electron chi connectivity index (χ3n) is 4.16. The van der Waals surface area contributed by atoms with Gasteiger partial charge in [0.05, 0.1) is 13.2 Å². The van der Waals surface area contributed by atoms with E-state index in [1.165, 1.54) is 19.3 Å². The summed E-state index contributed by atoms with van der Waals surface area (Å²) in [4.78, 5) is 6.72. The molecule has 0 spiro atoms. The quantitative estimate of drug-likeness (QED) is 0.460. The van der Waals surface area contributed by atoms with Gasteiger partial charge < -0.3 is 15.4 Å². The van der Waals surface area contributed by atoms with E-state index < -0.39 is 0 Å². The first-order valence-electron chi connectivity index (χ1n) is 6.80. The van der Waals surface area contributed by atoms with Crippen molar-refractivity contribution >= 4 is 29.9 Å². The lowest BCUT2D eigenvalue weighted by atomic mass is 9.80. The van der Waals surface area contributed by atoms with Gasteiger partial charge in [0.25, 0.3) is 0 Å². The summed E-state index contributed by atoms with van der Waals surface area (Å²) in [6, 6.07) is 0. The topological polar surface area (TPSA) is 50.8 Å². The molecule has 18 heavy (non-hydrogen) atoms. The van der Waals surface area contributed by atoms with Crippen LogP contribution in [0, 0.1) is 5.41 Å². The first-order chi connectivity index (χ1) is 8.17. The normalized spacial score (nSPS) is 17.5. The Labute approximate surface area is 128 Å². The molecule has 0 radical (unpaired) electrons. The van der Waals surface area contributed by atoms with Crippen molar-refractivity contribution in [3.63, 3.8) is 0 Å². The summed E-state index contributed by atoms with van der Waals surface area (Å²) in [5, 5.41) is 0. The van der Waals surface area contributed by atoms with Gasteiger partial charge in [-0.15, -0.1) is 24.0 Å². The first-order valence-corrected chi connectivity index (χ1v) is 6.80. The number of nitrogens with zero attached hydrogens (tertiary/aromatic N) is 2. The van der Waals surface area contributed by atoms with Crippen molar-refractivity contribution in [3.8, 4) is 0 Å². The zero-order valence-electron chi connectivity index (χ0n) is 11.9. The lowest BCUT2D eigenvalue weighted by molar-refractivity contribution is 0.0672. The molecule has 5 heteroatoms. The lowest BCUT2D eigenvalue weighted by Crippen LogP contribution is -2.45. The molecule has 0 atom stereocenters. The van der Waals surface area contributed by atoms with Crippen LogP contribution in [0.3, 0.4) is 0 Å². The van der Waals surface area contributed by atoms with Gasteiger partial charge in [-0.1, -0.05) is 20.8 Å². The molecule has 0 unspecified atom stereocenters. The number of ether oxygens (including phenoxy) is 1. The predicted molar refractivity (Wildman–Crippen MR) is 87.6 cm³/mol. The molecule has 0 aromatic carbocycles. The maximum Gasteiger partial charge on any atom is 0.191 e. The summed E-state index contributed by atoms with van der Waals surface area (Å²) in [6.45, 7) is 10.8. The third kappa shape index (κ3) is 4.91. The Morgan fingerprint density at radius 1 is 1.17 bits per heavy atom. The van der Waals surface area contributed by atoms with Crippen molar-refractivity contribution in [2.45, 2.75) is 40.0 Å². The molecule has 1 rings (SSSR count). The van der Waals surface area contributed by atoms with Crippen molar-refractivity contribution in [2.75, 3.05) is 32.8 Å². The molecule has 108 valence electrons. The van der Waals surface area contributed by atoms with E-state index in [0.29, 0.717) is 11.4 Å². The number of hydrogen-bond donors (Lipinski definition) is 1. The van der Waals surface area contributed by atoms with Crippen LogP contribution in [-0.2, 0) is 4.74 Å². The summed E-state index contributed by atoms with van der Waals surface area (Å²) in [7, 11) is 0. The van der Waals surface area contributed by atoms with Crippen LogP contribution in [0.2, 0.25) is 0 Å². The van der Waals surface area contributed by atoms with E-state index in [4.69, 9.17) is 10.5 Å². The summed E-state index contributed by atoms with van der Waals surface area (Å²) in [5.74, 6) is 0.688. The van der Waals surface area contributed by atoms with Crippen molar-refractivity contribution in [2.24, 2.45) is 16.1 Å². The lowest BCUT2D eigenvalue weighted by Gasteiger charge is -2.31. The van der Waals surface area contributed by atoms with Crippen LogP contribution in [0.5, 0.6) is 0 Å². The van der Waals surface area contributed by atoms with Crippen LogP contribution < -0.4 is 5.73 Å². The Kier molecular flexibility index (Phi) is 8.94. The second-order valence-electron chi connectivity index (χ2n) is 4.83. The van der Waals surface area contributed by atoms with Crippen LogP contribution in [-0.4, -0.2) is 43.7 Å². The molecule has 1 aliphatic rings. The molecule has 0 amide bonds. The molecule has 0 aromatic heterocycles. The fourth-order valence-corrected chi connectivity index (χ4v) is 2.23. The Bertz CT molecular complexity index is 240. The molecule has 0 aromatic rings. The van der Waals surface area contributed by atoms with Gasteiger partial charge >= 0.3 is 0 Å². The summed E-state index contributed by atoms with van der Waals surface area (Å²) >= 11 is 0. The summed E-state index contributed by atoms with van der Waals surface area (Å²) in [5.41, 5.74) is 6.37. The number of hydrogen-bond acceptors (Lipinski definition) is 2. The highest BCUT2D eigenvalue weighted by atomic mass is 127. The van der Waals surface area contributed by atoms with Crippen molar-refractivity contribution in [3.05, 3.63) is 0 Å². The van der Waals surface area contributed by atoms with Crippen LogP contribution in [0.1, 0.15) is 40.0 Å². The van der Waals surface area contributed by atoms with Gasteiger partial charge in [-0.3, -0.25) is 4.99 Å². The Morgan fingerprint density at radius 2 is 1.67 bits per heavy atom. The van der Waals surface area contributed by atoms with Gasteiger partial charge in [-0.05, 0) is 24.7 Å². The largest absolute Gasteiger partial charge is 0.378 e. The first kappa shape index (κ1) is 18.0. The zero-order chi connectivity index (χ0) is 12.7. The molecular formula is C13H28IN3O. The van der Waals surface area contributed by atoms with Gasteiger partial charge in [-0.2, -0.15) is 0 Å². The number of rotatable bonds is 5. The minimum absolute atomic E-state index is 0. The van der Waals surface area contributed by atoms with Gasteiger partial charge in [-0.25, -0.2) is 0 Å². The van der Waals surface area contributed by atoms with E-state index >= 15 is 0 Å². The number of halogens is 1. The fourth-order valence-electron chi connectivity index (χ4n) is 2.23. The van der Waals surface area contributed by atoms with E-state index in [2.05, 4.69) is 30.7 Å². The van der Waals surface area contributed by atoms with Gasteiger partial charge in [0.15, 0.2) is 5.96 Å². The van der Waals surface area contributed by atoms with E-state index in [1.54, 1.807) is 0 Å². The molecule has 1 heterocycles. The fraction of sp³-hybridized carbons (Fsp3) is 0.923. The van der Waals surface area contributed by atoms with Crippen LogP contribution in [0.15, 0.2) is 4.99 Å². The Hall–Kier alpha value is -0.0400. The van der Waals surface area contributed by atoms with E-state index in [9.17, 15) is 0 Å². The Balaban J connectivity index is 0.00000289. The van der Waals surface area contributed by atoms with Crippen molar-refractivity contribution < 1.29 is 4.74 Å². The average molecular weight is 369 g/mol. The standard InChI is InChI=1S/C13H27N3O.HI/c1-4-13(5-2,6-3)11-15-12(14)16-7-9-17-10-8-16;/h4-11H2,1-3H3,(H2,14,15);1H. The number of aliphatic imine (C=N–C) groups is 1. The van der Waals surface area contributed by atoms with Gasteiger partial charge in [0.2, 0.25) is 0 Å². The summed E-state index contributed by atoms with van der Waals surface area (Å²) in [6.07, 6.45) is 3.50. The molecule has 0 saturated carbocycles. The predicted octanol–water partition coefficient (Wildman–Crippen LogP) is 2.47. The second-order valence-corrected chi connectivity index (χ2v) is 4.83. The van der Waals surface area contributed by atoms with Crippen molar-refractivity contribution in [1.29, 1.82) is 0 Å². The van der Waals surface area contributed by atoms with Crippen molar-refractivity contribution in [1.82, 2.24) is 4.90 Å². The molecule has 0 bridgehead atoms. The summed E-state index contributed by atoms with van der Waals surface area (Å²) < 4.78 is 5.31. The van der Waals surface area contributed by atoms with Gasteiger partial charge in [0.1, 0.15) is 0 Å². The van der Waals surface area contributed by atoms with E-state index in [1.807, 2.05) is 0 Å². The number of nitrogens with two attached hydrogens (primary N) is 1. The smallest absolute Gasteiger partial charge is 0.191 e. The molecule has 1 aliphatic heterocycles. The van der Waals surface area contributed by atoms with Gasteiger partial charge in [0, 0.05) is 19.6 Å². The van der Waals surface area contributed by atoms with Crippen LogP contribution in [0.4, 0.5) is 0 Å². The third-order valence-corrected chi connectivity index (χ3v) is 4.16. The molecule has 0 aliphatic carbocycles.